The number of hydrogen-bond acceptors (Lipinski definition) is 6. The lowest BCUT2D eigenvalue weighted by Crippen LogP contribution is -2.38. The molecule has 1 atom stereocenters. The number of aliphatic hydroxyl groups is 1. The maximum Gasteiger partial charge on any atom is 0.279 e. The molecule has 0 saturated heterocycles. The first-order chi connectivity index (χ1) is 10.0. The smallest absolute Gasteiger partial charge is 0.279 e. The standard InChI is InChI=1S/C13H15N5O3/c1-8(19)7-18-13(21)10(12(20)16-14)6-11(17-18)9-2-4-15-5-3-9/h2-6,8,19H,7,14H2,1H3,(H,16,20). The number of amides is 1. The number of nitrogens with zero attached hydrogens (tertiary/aromatic N) is 3. The van der Waals surface area contributed by atoms with Crippen LogP contribution in [0.2, 0.25) is 0 Å². The van der Waals surface area contributed by atoms with Crippen molar-refractivity contribution in [3.8, 4) is 11.3 Å². The molecule has 0 fully saturated rings. The van der Waals surface area contributed by atoms with E-state index in [1.54, 1.807) is 24.5 Å². The number of nitrogens with two attached hydrogens (primary N) is 1. The number of hydrazine groups is 1. The summed E-state index contributed by atoms with van der Waals surface area (Å²) in [5, 5.41) is 13.6. The number of carbonyl (C=O) groups is 1. The molecule has 0 bridgehead atoms. The molecule has 4 N–H and O–H groups in total. The van der Waals surface area contributed by atoms with Crippen LogP contribution in [0.5, 0.6) is 0 Å². The second-order valence-corrected chi connectivity index (χ2v) is 4.49. The molecule has 2 aromatic heterocycles. The molecule has 2 aromatic rings. The molecule has 8 nitrogen and oxygen atoms in total. The molecule has 0 saturated carbocycles. The zero-order chi connectivity index (χ0) is 15.4. The second kappa shape index (κ2) is 6.25. The first kappa shape index (κ1) is 14.8. The summed E-state index contributed by atoms with van der Waals surface area (Å²) in [5.41, 5.74) is 2.28. The van der Waals surface area contributed by atoms with Crippen molar-refractivity contribution in [3.63, 3.8) is 0 Å². The number of carbonyl (C=O) groups excluding carboxylic acids is 1. The van der Waals surface area contributed by atoms with E-state index in [-0.39, 0.29) is 12.1 Å². The van der Waals surface area contributed by atoms with Crippen LogP contribution in [0.15, 0.2) is 35.4 Å². The Morgan fingerprint density at radius 2 is 2.14 bits per heavy atom. The van der Waals surface area contributed by atoms with Gasteiger partial charge in [0, 0.05) is 18.0 Å². The van der Waals surface area contributed by atoms with Gasteiger partial charge in [-0.25, -0.2) is 10.5 Å². The molecular formula is C13H15N5O3. The Morgan fingerprint density at radius 1 is 1.48 bits per heavy atom. The van der Waals surface area contributed by atoms with Crippen molar-refractivity contribution in [3.05, 3.63) is 46.5 Å². The fourth-order valence-electron chi connectivity index (χ4n) is 1.82. The highest BCUT2D eigenvalue weighted by Gasteiger charge is 2.16. The van der Waals surface area contributed by atoms with Gasteiger partial charge in [-0.3, -0.25) is 20.0 Å². The predicted molar refractivity (Wildman–Crippen MR) is 75.1 cm³/mol. The highest BCUT2D eigenvalue weighted by Crippen LogP contribution is 2.15. The van der Waals surface area contributed by atoms with Gasteiger partial charge in [-0.1, -0.05) is 0 Å². The Balaban J connectivity index is 2.62. The summed E-state index contributed by atoms with van der Waals surface area (Å²) in [6, 6.07) is 4.76. The Bertz CT molecular complexity index is 697. The zero-order valence-electron chi connectivity index (χ0n) is 11.4. The average Bonchev–Trinajstić information content (AvgIpc) is 2.49. The molecule has 0 radical (unpaired) electrons. The van der Waals surface area contributed by atoms with Crippen LogP contribution in [0.3, 0.4) is 0 Å². The van der Waals surface area contributed by atoms with Crippen LogP contribution >= 0.6 is 0 Å². The minimum Gasteiger partial charge on any atom is -0.391 e. The molecule has 2 rings (SSSR count). The van der Waals surface area contributed by atoms with Gasteiger partial charge in [-0.15, -0.1) is 0 Å². The van der Waals surface area contributed by atoms with Gasteiger partial charge in [0.05, 0.1) is 18.3 Å². The number of hydrogen-bond donors (Lipinski definition) is 3. The molecule has 0 aliphatic carbocycles. The van der Waals surface area contributed by atoms with Gasteiger partial charge in [-0.2, -0.15) is 5.10 Å². The normalized spacial score (nSPS) is 12.0. The van der Waals surface area contributed by atoms with E-state index in [4.69, 9.17) is 5.84 Å². The van der Waals surface area contributed by atoms with E-state index in [1.807, 2.05) is 5.43 Å². The van der Waals surface area contributed by atoms with Crippen LogP contribution in [0.25, 0.3) is 11.3 Å². The zero-order valence-corrected chi connectivity index (χ0v) is 11.4. The lowest BCUT2D eigenvalue weighted by molar-refractivity contribution is 0.0949. The fraction of sp³-hybridized carbons (Fsp3) is 0.231. The summed E-state index contributed by atoms with van der Waals surface area (Å²) in [6.07, 6.45) is 2.37. The lowest BCUT2D eigenvalue weighted by Gasteiger charge is -2.11. The third kappa shape index (κ3) is 3.30. The van der Waals surface area contributed by atoms with E-state index in [1.165, 1.54) is 13.0 Å². The molecule has 0 aliphatic rings. The number of aliphatic hydroxyl groups excluding tert-OH is 1. The summed E-state index contributed by atoms with van der Waals surface area (Å²) < 4.78 is 1.05. The van der Waals surface area contributed by atoms with Crippen molar-refractivity contribution in [2.75, 3.05) is 0 Å². The third-order valence-corrected chi connectivity index (χ3v) is 2.76. The monoisotopic (exact) mass is 289 g/mol. The number of rotatable bonds is 4. The molecule has 21 heavy (non-hydrogen) atoms. The summed E-state index contributed by atoms with van der Waals surface area (Å²) >= 11 is 0. The average molecular weight is 289 g/mol. The van der Waals surface area contributed by atoms with Gasteiger partial charge < -0.3 is 5.11 Å². The summed E-state index contributed by atoms with van der Waals surface area (Å²) in [6.45, 7) is 1.50. The molecule has 0 spiro atoms. The first-order valence-corrected chi connectivity index (χ1v) is 6.24. The maximum atomic E-state index is 12.1. The van der Waals surface area contributed by atoms with Crippen molar-refractivity contribution in [2.24, 2.45) is 5.84 Å². The molecule has 1 amide bonds. The molecule has 2 heterocycles. The van der Waals surface area contributed by atoms with Crippen LogP contribution in [0.4, 0.5) is 0 Å². The number of aromatic nitrogens is 3. The quantitative estimate of drug-likeness (QED) is 0.388. The van der Waals surface area contributed by atoms with E-state index < -0.39 is 17.6 Å². The van der Waals surface area contributed by atoms with E-state index in [0.29, 0.717) is 11.3 Å². The second-order valence-electron chi connectivity index (χ2n) is 4.49. The Hall–Kier alpha value is -2.58. The van der Waals surface area contributed by atoms with Gasteiger partial charge >= 0.3 is 0 Å². The number of pyridine rings is 1. The topological polar surface area (TPSA) is 123 Å². The third-order valence-electron chi connectivity index (χ3n) is 2.76. The molecular weight excluding hydrogens is 274 g/mol. The maximum absolute atomic E-state index is 12.1. The SMILES string of the molecule is CC(O)Cn1nc(-c2ccncc2)cc(C(=O)NN)c1=O. The highest BCUT2D eigenvalue weighted by atomic mass is 16.3. The van der Waals surface area contributed by atoms with Gasteiger partial charge in [-0.05, 0) is 25.1 Å². The van der Waals surface area contributed by atoms with E-state index in [9.17, 15) is 14.7 Å². The van der Waals surface area contributed by atoms with Gasteiger partial charge in [0.25, 0.3) is 11.5 Å². The minimum atomic E-state index is -0.781. The highest BCUT2D eigenvalue weighted by molar-refractivity contribution is 5.94. The van der Waals surface area contributed by atoms with Gasteiger partial charge in [0.1, 0.15) is 5.56 Å². The summed E-state index contributed by atoms with van der Waals surface area (Å²) in [7, 11) is 0. The van der Waals surface area contributed by atoms with Crippen molar-refractivity contribution in [1.82, 2.24) is 20.2 Å². The van der Waals surface area contributed by atoms with Crippen LogP contribution in [-0.4, -0.2) is 31.9 Å². The fourth-order valence-corrected chi connectivity index (χ4v) is 1.82. The Kier molecular flexibility index (Phi) is 4.41. The Morgan fingerprint density at radius 3 is 2.71 bits per heavy atom. The largest absolute Gasteiger partial charge is 0.391 e. The molecule has 8 heteroatoms. The number of nitrogens with one attached hydrogen (secondary N) is 1. The van der Waals surface area contributed by atoms with Crippen molar-refractivity contribution >= 4 is 5.91 Å². The van der Waals surface area contributed by atoms with Gasteiger partial charge in [0.2, 0.25) is 0 Å². The minimum absolute atomic E-state index is 0.0252. The van der Waals surface area contributed by atoms with Crippen molar-refractivity contribution in [2.45, 2.75) is 19.6 Å². The van der Waals surface area contributed by atoms with Crippen LogP contribution < -0.4 is 16.8 Å². The van der Waals surface area contributed by atoms with Crippen LogP contribution in [-0.2, 0) is 6.54 Å². The molecule has 0 aromatic carbocycles. The van der Waals surface area contributed by atoms with Crippen LogP contribution in [0.1, 0.15) is 17.3 Å². The first-order valence-electron chi connectivity index (χ1n) is 6.24. The van der Waals surface area contributed by atoms with Crippen molar-refractivity contribution in [1.29, 1.82) is 0 Å². The van der Waals surface area contributed by atoms with E-state index >= 15 is 0 Å². The lowest BCUT2D eigenvalue weighted by atomic mass is 10.1. The van der Waals surface area contributed by atoms with Crippen LogP contribution in [0, 0.1) is 0 Å². The van der Waals surface area contributed by atoms with Gasteiger partial charge in [0.15, 0.2) is 0 Å². The molecule has 110 valence electrons. The number of nitrogen functional groups attached to an aromatic ring is 1. The molecule has 1 unspecified atom stereocenters. The predicted octanol–water partition coefficient (Wildman–Crippen LogP) is -0.710. The Labute approximate surface area is 120 Å². The summed E-state index contributed by atoms with van der Waals surface area (Å²) in [4.78, 5) is 27.8. The summed E-state index contributed by atoms with van der Waals surface area (Å²) in [5.74, 6) is 4.37. The molecule has 0 aliphatic heterocycles. The van der Waals surface area contributed by atoms with Crippen molar-refractivity contribution < 1.29 is 9.90 Å². The van der Waals surface area contributed by atoms with E-state index in [0.717, 1.165) is 4.68 Å². The van der Waals surface area contributed by atoms with E-state index in [2.05, 4.69) is 10.1 Å².